The highest BCUT2D eigenvalue weighted by atomic mass is 32.2. The maximum absolute atomic E-state index is 13.0. The quantitative estimate of drug-likeness (QED) is 0.874. The summed E-state index contributed by atoms with van der Waals surface area (Å²) >= 11 is 0. The lowest BCUT2D eigenvalue weighted by atomic mass is 10.1. The Morgan fingerprint density at radius 2 is 1.68 bits per heavy atom. The van der Waals surface area contributed by atoms with Gasteiger partial charge < -0.3 is 4.57 Å². The number of alkyl halides is 3. The first-order valence-electron chi connectivity index (χ1n) is 5.91. The SMILES string of the molecule is O=c1ccn(Cc2ccc(S(=O)(=O)O)cc2C(F)(F)F)cc1. The van der Waals surface area contributed by atoms with Gasteiger partial charge in [-0.25, -0.2) is 0 Å². The highest BCUT2D eigenvalue weighted by molar-refractivity contribution is 7.85. The molecule has 0 aliphatic carbocycles. The molecule has 118 valence electrons. The molecule has 0 saturated heterocycles. The molecule has 0 aliphatic heterocycles. The average molecular weight is 333 g/mol. The fourth-order valence-electron chi connectivity index (χ4n) is 1.86. The molecule has 2 aromatic rings. The Labute approximate surface area is 123 Å². The van der Waals surface area contributed by atoms with Crippen molar-refractivity contribution in [1.29, 1.82) is 0 Å². The highest BCUT2D eigenvalue weighted by Crippen LogP contribution is 2.34. The molecule has 1 aromatic heterocycles. The van der Waals surface area contributed by atoms with E-state index >= 15 is 0 Å². The molecule has 22 heavy (non-hydrogen) atoms. The normalized spacial score (nSPS) is 12.4. The number of nitrogens with zero attached hydrogens (tertiary/aromatic N) is 1. The van der Waals surface area contributed by atoms with E-state index in [1.165, 1.54) is 29.1 Å². The molecule has 1 heterocycles. The van der Waals surface area contributed by atoms with Crippen LogP contribution in [-0.2, 0) is 22.8 Å². The van der Waals surface area contributed by atoms with Crippen LogP contribution in [0.2, 0.25) is 0 Å². The van der Waals surface area contributed by atoms with E-state index in [1.54, 1.807) is 0 Å². The molecule has 0 unspecified atom stereocenters. The van der Waals surface area contributed by atoms with E-state index in [0.29, 0.717) is 6.07 Å². The number of benzene rings is 1. The van der Waals surface area contributed by atoms with Crippen molar-refractivity contribution in [2.75, 3.05) is 0 Å². The predicted octanol–water partition coefficient (Wildman–Crippen LogP) is 2.16. The summed E-state index contributed by atoms with van der Waals surface area (Å²) in [6.07, 6.45) is -2.15. The molecule has 1 N–H and O–H groups in total. The number of hydrogen-bond acceptors (Lipinski definition) is 3. The lowest BCUT2D eigenvalue weighted by molar-refractivity contribution is -0.138. The highest BCUT2D eigenvalue weighted by Gasteiger charge is 2.34. The van der Waals surface area contributed by atoms with Gasteiger partial charge >= 0.3 is 6.18 Å². The maximum atomic E-state index is 13.0. The summed E-state index contributed by atoms with van der Waals surface area (Å²) in [6.45, 7) is -0.207. The minimum Gasteiger partial charge on any atom is -0.350 e. The molecule has 0 amide bonds. The second-order valence-electron chi connectivity index (χ2n) is 4.50. The van der Waals surface area contributed by atoms with Crippen molar-refractivity contribution in [2.45, 2.75) is 17.6 Å². The first-order chi connectivity index (χ1) is 10.1. The minimum absolute atomic E-state index is 0.191. The third-order valence-corrected chi connectivity index (χ3v) is 3.75. The summed E-state index contributed by atoms with van der Waals surface area (Å²) in [6, 6.07) is 4.64. The second kappa shape index (κ2) is 5.58. The van der Waals surface area contributed by atoms with Crippen molar-refractivity contribution in [2.24, 2.45) is 0 Å². The van der Waals surface area contributed by atoms with Crippen LogP contribution in [0.5, 0.6) is 0 Å². The van der Waals surface area contributed by atoms with Gasteiger partial charge in [-0.3, -0.25) is 9.35 Å². The standard InChI is InChI=1S/C13H10F3NO4S/c14-13(15,16)12-7-11(22(19,20)21)2-1-9(12)8-17-5-3-10(18)4-6-17/h1-7H,8H2,(H,19,20,21). The molecule has 0 bridgehead atoms. The van der Waals surface area contributed by atoms with Crippen LogP contribution < -0.4 is 5.43 Å². The Hall–Kier alpha value is -2.13. The van der Waals surface area contributed by atoms with Gasteiger partial charge in [0.1, 0.15) is 0 Å². The van der Waals surface area contributed by atoms with Gasteiger partial charge in [0.15, 0.2) is 5.43 Å². The van der Waals surface area contributed by atoms with E-state index in [-0.39, 0.29) is 17.5 Å². The lowest BCUT2D eigenvalue weighted by Crippen LogP contribution is -2.14. The van der Waals surface area contributed by atoms with E-state index in [4.69, 9.17) is 4.55 Å². The van der Waals surface area contributed by atoms with E-state index in [2.05, 4.69) is 0 Å². The largest absolute Gasteiger partial charge is 0.416 e. The molecule has 2 rings (SSSR count). The molecule has 0 radical (unpaired) electrons. The van der Waals surface area contributed by atoms with Gasteiger partial charge in [0.05, 0.1) is 10.5 Å². The predicted molar refractivity (Wildman–Crippen MR) is 71.1 cm³/mol. The average Bonchev–Trinajstić information content (AvgIpc) is 2.39. The molecule has 0 saturated carbocycles. The van der Waals surface area contributed by atoms with Crippen LogP contribution in [0.1, 0.15) is 11.1 Å². The number of pyridine rings is 1. The lowest BCUT2D eigenvalue weighted by Gasteiger charge is -2.15. The van der Waals surface area contributed by atoms with Crippen molar-refractivity contribution < 1.29 is 26.1 Å². The molecule has 0 atom stereocenters. The number of hydrogen-bond donors (Lipinski definition) is 1. The molecule has 0 fully saturated rings. The maximum Gasteiger partial charge on any atom is 0.416 e. The first kappa shape index (κ1) is 16.2. The van der Waals surface area contributed by atoms with Gasteiger partial charge in [0.2, 0.25) is 0 Å². The Morgan fingerprint density at radius 1 is 1.09 bits per heavy atom. The molecule has 9 heteroatoms. The third kappa shape index (κ3) is 3.74. The summed E-state index contributed by atoms with van der Waals surface area (Å²) in [5.41, 5.74) is -1.64. The van der Waals surface area contributed by atoms with Crippen molar-refractivity contribution in [3.05, 3.63) is 64.1 Å². The van der Waals surface area contributed by atoms with Crippen LogP contribution in [0.25, 0.3) is 0 Å². The van der Waals surface area contributed by atoms with Crippen LogP contribution >= 0.6 is 0 Å². The summed E-state index contributed by atoms with van der Waals surface area (Å²) in [4.78, 5) is 10.1. The number of aromatic nitrogens is 1. The molecule has 1 aromatic carbocycles. The van der Waals surface area contributed by atoms with Crippen LogP contribution in [0.3, 0.4) is 0 Å². The van der Waals surface area contributed by atoms with Crippen molar-refractivity contribution in [1.82, 2.24) is 4.57 Å². The zero-order valence-corrected chi connectivity index (χ0v) is 11.7. The fraction of sp³-hybridized carbons (Fsp3) is 0.154. The van der Waals surface area contributed by atoms with Crippen LogP contribution in [-0.4, -0.2) is 17.5 Å². The second-order valence-corrected chi connectivity index (χ2v) is 5.92. The monoisotopic (exact) mass is 333 g/mol. The molecular formula is C13H10F3NO4S. The summed E-state index contributed by atoms with van der Waals surface area (Å²) in [7, 11) is -4.73. The van der Waals surface area contributed by atoms with Gasteiger partial charge in [-0.2, -0.15) is 21.6 Å². The van der Waals surface area contributed by atoms with Crippen LogP contribution in [0.15, 0.2) is 52.4 Å². The van der Waals surface area contributed by atoms with Crippen molar-refractivity contribution >= 4 is 10.1 Å². The van der Waals surface area contributed by atoms with Gasteiger partial charge in [-0.15, -0.1) is 0 Å². The van der Waals surface area contributed by atoms with Crippen LogP contribution in [0.4, 0.5) is 13.2 Å². The van der Waals surface area contributed by atoms with Crippen molar-refractivity contribution in [3.63, 3.8) is 0 Å². The summed E-state index contributed by atoms with van der Waals surface area (Å²) in [5.74, 6) is 0. The molecular weight excluding hydrogens is 323 g/mol. The van der Waals surface area contributed by atoms with Gasteiger partial charge in [-0.05, 0) is 17.7 Å². The zero-order valence-electron chi connectivity index (χ0n) is 10.9. The topological polar surface area (TPSA) is 76.4 Å². The van der Waals surface area contributed by atoms with Gasteiger partial charge in [0, 0.05) is 31.1 Å². The summed E-state index contributed by atoms with van der Waals surface area (Å²) < 4.78 is 71.3. The Morgan fingerprint density at radius 3 is 2.18 bits per heavy atom. The minimum atomic E-state index is -4.78. The molecule has 5 nitrogen and oxygen atoms in total. The van der Waals surface area contributed by atoms with E-state index in [0.717, 1.165) is 12.1 Å². The zero-order chi connectivity index (χ0) is 16.5. The Balaban J connectivity index is 2.51. The van der Waals surface area contributed by atoms with E-state index in [9.17, 15) is 26.4 Å². The Kier molecular flexibility index (Phi) is 4.12. The first-order valence-corrected chi connectivity index (χ1v) is 7.35. The molecule has 0 aliphatic rings. The third-order valence-electron chi connectivity index (χ3n) is 2.90. The van der Waals surface area contributed by atoms with Crippen LogP contribution in [0, 0.1) is 0 Å². The Bertz CT molecular complexity index is 836. The van der Waals surface area contributed by atoms with Gasteiger partial charge in [0.25, 0.3) is 10.1 Å². The molecule has 0 spiro atoms. The van der Waals surface area contributed by atoms with Crippen molar-refractivity contribution in [3.8, 4) is 0 Å². The van der Waals surface area contributed by atoms with E-state index < -0.39 is 26.8 Å². The van der Waals surface area contributed by atoms with Gasteiger partial charge in [-0.1, -0.05) is 6.07 Å². The fourth-order valence-corrected chi connectivity index (χ4v) is 2.37. The number of halogens is 3. The summed E-state index contributed by atoms with van der Waals surface area (Å²) in [5, 5.41) is 0. The number of rotatable bonds is 3. The smallest absolute Gasteiger partial charge is 0.350 e. The van der Waals surface area contributed by atoms with E-state index in [1.807, 2.05) is 0 Å².